The predicted molar refractivity (Wildman–Crippen MR) is 98.8 cm³/mol. The maximum Gasteiger partial charge on any atom is 0.245 e. The van der Waals surface area contributed by atoms with Crippen LogP contribution in [0, 0.1) is 12.8 Å². The Kier molecular flexibility index (Phi) is 5.14. The molecule has 5 nitrogen and oxygen atoms in total. The van der Waals surface area contributed by atoms with Gasteiger partial charge in [-0.15, -0.1) is 0 Å². The van der Waals surface area contributed by atoms with Crippen molar-refractivity contribution >= 4 is 35.3 Å². The molecule has 6 heteroatoms. The number of nitrogens with one attached hydrogen (secondary N) is 1. The average molecular weight is 356 g/mol. The van der Waals surface area contributed by atoms with Gasteiger partial charge in [0.1, 0.15) is 0 Å². The molecule has 1 saturated heterocycles. The number of halogens is 1. The van der Waals surface area contributed by atoms with Crippen molar-refractivity contribution in [2.24, 2.45) is 11.0 Å². The molecule has 2 aromatic carbocycles. The third kappa shape index (κ3) is 4.25. The summed E-state index contributed by atoms with van der Waals surface area (Å²) >= 11 is 5.87. The van der Waals surface area contributed by atoms with E-state index < -0.39 is 5.92 Å². The highest BCUT2D eigenvalue weighted by molar-refractivity contribution is 6.30. The molecule has 25 heavy (non-hydrogen) atoms. The third-order valence-corrected chi connectivity index (χ3v) is 4.35. The molecule has 0 spiro atoms. The van der Waals surface area contributed by atoms with Crippen LogP contribution in [0.25, 0.3) is 0 Å². The standard InChI is InChI=1S/C19H18ClN3O2/c1-13-2-4-14(5-3-13)11-21-22-19(25)15-10-18(24)23(12-15)17-8-6-16(20)7-9-17/h2-9,11,15H,10,12H2,1H3,(H,22,25). The lowest BCUT2D eigenvalue weighted by Crippen LogP contribution is -2.30. The number of carbonyl (C=O) groups is 2. The molecule has 0 radical (unpaired) electrons. The number of rotatable bonds is 4. The third-order valence-electron chi connectivity index (χ3n) is 4.10. The van der Waals surface area contributed by atoms with Crippen molar-refractivity contribution in [2.45, 2.75) is 13.3 Å². The molecule has 0 saturated carbocycles. The van der Waals surface area contributed by atoms with Crippen LogP contribution in [0.2, 0.25) is 5.02 Å². The first-order valence-electron chi connectivity index (χ1n) is 7.98. The van der Waals surface area contributed by atoms with Crippen LogP contribution < -0.4 is 10.3 Å². The second kappa shape index (κ2) is 7.49. The number of amides is 2. The maximum atomic E-state index is 12.2. The highest BCUT2D eigenvalue weighted by Gasteiger charge is 2.35. The van der Waals surface area contributed by atoms with Crippen LogP contribution in [0.1, 0.15) is 17.5 Å². The average Bonchev–Trinajstić information content (AvgIpc) is 2.99. The normalized spacial score (nSPS) is 17.3. The van der Waals surface area contributed by atoms with E-state index in [9.17, 15) is 9.59 Å². The topological polar surface area (TPSA) is 61.8 Å². The largest absolute Gasteiger partial charge is 0.312 e. The van der Waals surface area contributed by atoms with Crippen LogP contribution >= 0.6 is 11.6 Å². The molecule has 0 aliphatic carbocycles. The van der Waals surface area contributed by atoms with Gasteiger partial charge in [-0.3, -0.25) is 9.59 Å². The quantitative estimate of drug-likeness (QED) is 0.676. The molecule has 1 N–H and O–H groups in total. The number of anilines is 1. The highest BCUT2D eigenvalue weighted by atomic mass is 35.5. The zero-order chi connectivity index (χ0) is 17.8. The Morgan fingerprint density at radius 2 is 1.88 bits per heavy atom. The molecule has 1 unspecified atom stereocenters. The van der Waals surface area contributed by atoms with E-state index in [0.29, 0.717) is 11.6 Å². The van der Waals surface area contributed by atoms with Gasteiger partial charge < -0.3 is 4.90 Å². The fourth-order valence-corrected chi connectivity index (χ4v) is 2.79. The van der Waals surface area contributed by atoms with Crippen molar-refractivity contribution in [1.29, 1.82) is 0 Å². The first-order chi connectivity index (χ1) is 12.0. The van der Waals surface area contributed by atoms with Crippen LogP contribution in [0.5, 0.6) is 0 Å². The minimum atomic E-state index is -0.418. The first kappa shape index (κ1) is 17.2. The monoisotopic (exact) mass is 355 g/mol. The number of nitrogens with zero attached hydrogens (tertiary/aromatic N) is 2. The first-order valence-corrected chi connectivity index (χ1v) is 8.36. The molecular weight excluding hydrogens is 338 g/mol. The zero-order valence-electron chi connectivity index (χ0n) is 13.8. The second-order valence-corrected chi connectivity index (χ2v) is 6.46. The SMILES string of the molecule is Cc1ccc(C=NNC(=O)C2CC(=O)N(c3ccc(Cl)cc3)C2)cc1. The maximum absolute atomic E-state index is 12.2. The van der Waals surface area contributed by atoms with Crippen LogP contribution in [-0.2, 0) is 9.59 Å². The van der Waals surface area contributed by atoms with E-state index in [2.05, 4.69) is 10.5 Å². The summed E-state index contributed by atoms with van der Waals surface area (Å²) < 4.78 is 0. The van der Waals surface area contributed by atoms with Gasteiger partial charge in [0.2, 0.25) is 11.8 Å². The predicted octanol–water partition coefficient (Wildman–Crippen LogP) is 3.15. The molecule has 128 valence electrons. The van der Waals surface area contributed by atoms with Gasteiger partial charge in [0.15, 0.2) is 0 Å². The smallest absolute Gasteiger partial charge is 0.245 e. The lowest BCUT2D eigenvalue weighted by molar-refractivity contribution is -0.126. The summed E-state index contributed by atoms with van der Waals surface area (Å²) in [6.45, 7) is 2.35. The van der Waals surface area contributed by atoms with Crippen molar-refractivity contribution in [3.63, 3.8) is 0 Å². The summed E-state index contributed by atoms with van der Waals surface area (Å²) in [5.41, 5.74) is 5.32. The van der Waals surface area contributed by atoms with Crippen molar-refractivity contribution in [3.8, 4) is 0 Å². The Hall–Kier alpha value is -2.66. The molecular formula is C19H18ClN3O2. The van der Waals surface area contributed by atoms with E-state index in [1.165, 1.54) is 0 Å². The molecule has 3 rings (SSSR count). The lowest BCUT2D eigenvalue weighted by Gasteiger charge is -2.16. The number of aryl methyl sites for hydroxylation is 1. The van der Waals surface area contributed by atoms with Crippen molar-refractivity contribution in [1.82, 2.24) is 5.43 Å². The molecule has 2 amide bonds. The van der Waals surface area contributed by atoms with Crippen LogP contribution in [0.15, 0.2) is 53.6 Å². The van der Waals surface area contributed by atoms with E-state index in [-0.39, 0.29) is 18.2 Å². The fraction of sp³-hybridized carbons (Fsp3) is 0.211. The Morgan fingerprint density at radius 3 is 2.56 bits per heavy atom. The van der Waals surface area contributed by atoms with Gasteiger partial charge in [-0.1, -0.05) is 41.4 Å². The van der Waals surface area contributed by atoms with Gasteiger partial charge in [-0.05, 0) is 36.8 Å². The fourth-order valence-electron chi connectivity index (χ4n) is 2.67. The van der Waals surface area contributed by atoms with E-state index in [1.54, 1.807) is 35.4 Å². The number of hydrazone groups is 1. The van der Waals surface area contributed by atoms with E-state index in [1.807, 2.05) is 31.2 Å². The molecule has 1 heterocycles. The summed E-state index contributed by atoms with van der Waals surface area (Å²) in [6, 6.07) is 14.8. The second-order valence-electron chi connectivity index (χ2n) is 6.03. The number of carbonyl (C=O) groups excluding carboxylic acids is 2. The number of hydrogen-bond donors (Lipinski definition) is 1. The minimum Gasteiger partial charge on any atom is -0.312 e. The van der Waals surface area contributed by atoms with Crippen molar-refractivity contribution in [2.75, 3.05) is 11.4 Å². The van der Waals surface area contributed by atoms with E-state index in [0.717, 1.165) is 16.8 Å². The molecule has 1 aliphatic heterocycles. The number of benzene rings is 2. The minimum absolute atomic E-state index is 0.0787. The van der Waals surface area contributed by atoms with Crippen LogP contribution in [0.3, 0.4) is 0 Å². The van der Waals surface area contributed by atoms with Gasteiger partial charge in [-0.2, -0.15) is 5.10 Å². The Morgan fingerprint density at radius 1 is 1.20 bits per heavy atom. The summed E-state index contributed by atoms with van der Waals surface area (Å²) in [7, 11) is 0. The Balaban J connectivity index is 1.59. The summed E-state index contributed by atoms with van der Waals surface area (Å²) in [5, 5.41) is 4.58. The Labute approximate surface area is 151 Å². The summed E-state index contributed by atoms with van der Waals surface area (Å²) in [4.78, 5) is 26.0. The Bertz CT molecular complexity index is 800. The van der Waals surface area contributed by atoms with Gasteiger partial charge >= 0.3 is 0 Å². The molecule has 0 bridgehead atoms. The van der Waals surface area contributed by atoms with Gasteiger partial charge in [0.25, 0.3) is 0 Å². The number of hydrogen-bond acceptors (Lipinski definition) is 3. The van der Waals surface area contributed by atoms with Gasteiger partial charge in [0.05, 0.1) is 12.1 Å². The molecule has 1 atom stereocenters. The van der Waals surface area contributed by atoms with Gasteiger partial charge in [-0.25, -0.2) is 5.43 Å². The zero-order valence-corrected chi connectivity index (χ0v) is 14.5. The van der Waals surface area contributed by atoms with Gasteiger partial charge in [0, 0.05) is 23.7 Å². The van der Waals surface area contributed by atoms with E-state index >= 15 is 0 Å². The van der Waals surface area contributed by atoms with Crippen LogP contribution in [0.4, 0.5) is 5.69 Å². The van der Waals surface area contributed by atoms with E-state index in [4.69, 9.17) is 11.6 Å². The summed E-state index contributed by atoms with van der Waals surface area (Å²) in [5.74, 6) is -0.753. The van der Waals surface area contributed by atoms with Crippen molar-refractivity contribution in [3.05, 3.63) is 64.7 Å². The van der Waals surface area contributed by atoms with Crippen LogP contribution in [-0.4, -0.2) is 24.6 Å². The molecule has 1 fully saturated rings. The lowest BCUT2D eigenvalue weighted by atomic mass is 10.1. The molecule has 0 aromatic heterocycles. The summed E-state index contributed by atoms with van der Waals surface area (Å²) in [6.07, 6.45) is 1.76. The molecule has 2 aromatic rings. The van der Waals surface area contributed by atoms with Crippen molar-refractivity contribution < 1.29 is 9.59 Å². The molecule has 1 aliphatic rings. The highest BCUT2D eigenvalue weighted by Crippen LogP contribution is 2.26.